The highest BCUT2D eigenvalue weighted by molar-refractivity contribution is 5.79. The van der Waals surface area contributed by atoms with Crippen LogP contribution in [0.3, 0.4) is 0 Å². The standard InChI is InChI=1S/C12H14O5/c1-15-11-8-10(17-16-2)7-6-9(11)4-3-5-12(13)14/h3,5-8H,4H2,1-2H3,(H,13,14)/b5-3+. The number of benzene rings is 1. The van der Waals surface area contributed by atoms with E-state index in [9.17, 15) is 4.79 Å². The molecule has 1 rings (SSSR count). The van der Waals surface area contributed by atoms with Gasteiger partial charge in [-0.1, -0.05) is 12.1 Å². The molecule has 0 aliphatic rings. The Bertz CT molecular complexity index is 411. The summed E-state index contributed by atoms with van der Waals surface area (Å²) in [6, 6.07) is 5.18. The van der Waals surface area contributed by atoms with Gasteiger partial charge >= 0.3 is 5.97 Å². The van der Waals surface area contributed by atoms with Gasteiger partial charge < -0.3 is 14.7 Å². The van der Waals surface area contributed by atoms with Crippen LogP contribution in [-0.2, 0) is 16.1 Å². The Labute approximate surface area is 99.2 Å². The minimum atomic E-state index is -0.969. The second-order valence-electron chi connectivity index (χ2n) is 3.17. The molecular formula is C12H14O5. The molecule has 5 nitrogen and oxygen atoms in total. The third-order valence-electron chi connectivity index (χ3n) is 2.04. The molecule has 0 saturated carbocycles. The SMILES string of the molecule is COOc1ccc(C/C=C/C(=O)O)c(OC)c1. The van der Waals surface area contributed by atoms with Crippen molar-refractivity contribution in [1.29, 1.82) is 0 Å². The van der Waals surface area contributed by atoms with Gasteiger partial charge in [-0.3, -0.25) is 0 Å². The second-order valence-corrected chi connectivity index (χ2v) is 3.17. The number of rotatable bonds is 6. The molecule has 0 aromatic heterocycles. The zero-order valence-electron chi connectivity index (χ0n) is 9.67. The summed E-state index contributed by atoms with van der Waals surface area (Å²) < 4.78 is 5.17. The van der Waals surface area contributed by atoms with Crippen molar-refractivity contribution in [3.63, 3.8) is 0 Å². The highest BCUT2D eigenvalue weighted by atomic mass is 17.2. The van der Waals surface area contributed by atoms with Gasteiger partial charge in [-0.05, 0) is 18.1 Å². The Hall–Kier alpha value is -2.01. The third-order valence-corrected chi connectivity index (χ3v) is 2.04. The first-order chi connectivity index (χ1) is 8.17. The van der Waals surface area contributed by atoms with Crippen molar-refractivity contribution in [3.05, 3.63) is 35.9 Å². The molecule has 0 aliphatic heterocycles. The van der Waals surface area contributed by atoms with E-state index in [0.29, 0.717) is 17.9 Å². The predicted octanol–water partition coefficient (Wildman–Crippen LogP) is 1.82. The van der Waals surface area contributed by atoms with Gasteiger partial charge in [0.15, 0.2) is 5.75 Å². The topological polar surface area (TPSA) is 65.0 Å². The summed E-state index contributed by atoms with van der Waals surface area (Å²) in [6.07, 6.45) is 3.12. The van der Waals surface area contributed by atoms with Crippen LogP contribution in [0.15, 0.2) is 30.4 Å². The van der Waals surface area contributed by atoms with Crippen molar-refractivity contribution in [2.45, 2.75) is 6.42 Å². The van der Waals surface area contributed by atoms with E-state index >= 15 is 0 Å². The molecule has 0 saturated heterocycles. The first-order valence-electron chi connectivity index (χ1n) is 4.94. The Morgan fingerprint density at radius 2 is 2.18 bits per heavy atom. The molecule has 0 bridgehead atoms. The number of ether oxygens (including phenoxy) is 1. The molecule has 1 aromatic carbocycles. The van der Waals surface area contributed by atoms with Gasteiger partial charge in [0.25, 0.3) is 0 Å². The van der Waals surface area contributed by atoms with E-state index in [2.05, 4.69) is 4.89 Å². The smallest absolute Gasteiger partial charge is 0.327 e. The molecular weight excluding hydrogens is 224 g/mol. The number of allylic oxidation sites excluding steroid dienone is 1. The van der Waals surface area contributed by atoms with Gasteiger partial charge in [0.1, 0.15) is 5.75 Å². The van der Waals surface area contributed by atoms with Crippen LogP contribution in [0.5, 0.6) is 11.5 Å². The zero-order valence-corrected chi connectivity index (χ0v) is 9.67. The fourth-order valence-electron chi connectivity index (χ4n) is 1.33. The largest absolute Gasteiger partial charge is 0.496 e. The summed E-state index contributed by atoms with van der Waals surface area (Å²) >= 11 is 0. The summed E-state index contributed by atoms with van der Waals surface area (Å²) in [5.74, 6) is 0.174. The first kappa shape index (κ1) is 13.1. The predicted molar refractivity (Wildman–Crippen MR) is 61.1 cm³/mol. The van der Waals surface area contributed by atoms with Crippen molar-refractivity contribution in [2.24, 2.45) is 0 Å². The van der Waals surface area contributed by atoms with E-state index in [4.69, 9.17) is 14.7 Å². The number of hydrogen-bond acceptors (Lipinski definition) is 4. The molecule has 0 radical (unpaired) electrons. The maximum absolute atomic E-state index is 10.3. The lowest BCUT2D eigenvalue weighted by atomic mass is 10.1. The molecule has 0 unspecified atom stereocenters. The van der Waals surface area contributed by atoms with Gasteiger partial charge in [0.2, 0.25) is 0 Å². The molecule has 0 heterocycles. The second kappa shape index (κ2) is 6.55. The molecule has 1 N–H and O–H groups in total. The summed E-state index contributed by atoms with van der Waals surface area (Å²) in [5, 5.41) is 8.48. The lowest BCUT2D eigenvalue weighted by molar-refractivity contribution is -0.178. The molecule has 0 aliphatic carbocycles. The number of methoxy groups -OCH3 is 1. The van der Waals surface area contributed by atoms with Gasteiger partial charge in [0, 0.05) is 12.1 Å². The third kappa shape index (κ3) is 4.16. The van der Waals surface area contributed by atoms with Crippen LogP contribution in [0.4, 0.5) is 0 Å². The minimum Gasteiger partial charge on any atom is -0.496 e. The number of carboxylic acids is 1. The van der Waals surface area contributed by atoms with Crippen LogP contribution >= 0.6 is 0 Å². The Kier molecular flexibility index (Phi) is 5.03. The minimum absolute atomic E-state index is 0.475. The van der Waals surface area contributed by atoms with Crippen molar-refractivity contribution in [1.82, 2.24) is 0 Å². The van der Waals surface area contributed by atoms with Crippen LogP contribution in [0.25, 0.3) is 0 Å². The maximum atomic E-state index is 10.3. The highest BCUT2D eigenvalue weighted by Gasteiger charge is 2.04. The molecule has 0 amide bonds. The Balaban J connectivity index is 2.81. The van der Waals surface area contributed by atoms with Crippen LogP contribution < -0.4 is 9.62 Å². The van der Waals surface area contributed by atoms with E-state index in [1.807, 2.05) is 0 Å². The van der Waals surface area contributed by atoms with E-state index in [1.54, 1.807) is 24.3 Å². The van der Waals surface area contributed by atoms with Gasteiger partial charge in [-0.15, -0.1) is 0 Å². The van der Waals surface area contributed by atoms with Crippen molar-refractivity contribution < 1.29 is 24.4 Å². The van der Waals surface area contributed by atoms with Crippen molar-refractivity contribution in [2.75, 3.05) is 14.2 Å². The zero-order chi connectivity index (χ0) is 12.7. The fraction of sp³-hybridized carbons (Fsp3) is 0.250. The van der Waals surface area contributed by atoms with Crippen molar-refractivity contribution >= 4 is 5.97 Å². The van der Waals surface area contributed by atoms with Crippen molar-refractivity contribution in [3.8, 4) is 11.5 Å². The quantitative estimate of drug-likeness (QED) is 0.465. The Morgan fingerprint density at radius 3 is 2.76 bits per heavy atom. The number of carboxylic acid groups (broad SMARTS) is 1. The van der Waals surface area contributed by atoms with Crippen LogP contribution in [0.2, 0.25) is 0 Å². The Morgan fingerprint density at radius 1 is 1.41 bits per heavy atom. The maximum Gasteiger partial charge on any atom is 0.327 e. The highest BCUT2D eigenvalue weighted by Crippen LogP contribution is 2.25. The summed E-state index contributed by atoms with van der Waals surface area (Å²) in [4.78, 5) is 19.7. The van der Waals surface area contributed by atoms with Crippen LogP contribution in [0.1, 0.15) is 5.56 Å². The number of aliphatic carboxylic acids is 1. The normalized spacial score (nSPS) is 10.5. The van der Waals surface area contributed by atoms with Crippen LogP contribution in [0, 0.1) is 0 Å². The van der Waals surface area contributed by atoms with Gasteiger partial charge in [0.05, 0.1) is 14.2 Å². The first-order valence-corrected chi connectivity index (χ1v) is 4.94. The average Bonchev–Trinajstić information content (AvgIpc) is 2.30. The number of carbonyl (C=O) groups is 1. The summed E-state index contributed by atoms with van der Waals surface area (Å²) in [6.45, 7) is 0. The van der Waals surface area contributed by atoms with E-state index in [-0.39, 0.29) is 0 Å². The molecule has 0 atom stereocenters. The van der Waals surface area contributed by atoms with E-state index in [1.165, 1.54) is 14.2 Å². The fourth-order valence-corrected chi connectivity index (χ4v) is 1.33. The molecule has 5 heteroatoms. The average molecular weight is 238 g/mol. The lowest BCUT2D eigenvalue weighted by Crippen LogP contribution is -1.95. The number of hydrogen-bond donors (Lipinski definition) is 1. The molecule has 0 spiro atoms. The lowest BCUT2D eigenvalue weighted by Gasteiger charge is -2.08. The van der Waals surface area contributed by atoms with E-state index < -0.39 is 5.97 Å². The van der Waals surface area contributed by atoms with Crippen LogP contribution in [-0.4, -0.2) is 25.3 Å². The molecule has 92 valence electrons. The monoisotopic (exact) mass is 238 g/mol. The molecule has 1 aromatic rings. The summed E-state index contributed by atoms with van der Waals surface area (Å²) in [5.41, 5.74) is 0.869. The van der Waals surface area contributed by atoms with Gasteiger partial charge in [-0.2, -0.15) is 4.89 Å². The van der Waals surface area contributed by atoms with Gasteiger partial charge in [-0.25, -0.2) is 4.79 Å². The molecule has 0 fully saturated rings. The summed E-state index contributed by atoms with van der Waals surface area (Å²) in [7, 11) is 2.95. The van der Waals surface area contributed by atoms with E-state index in [0.717, 1.165) is 11.6 Å². The molecule has 17 heavy (non-hydrogen) atoms.